The molecule has 11 heavy (non-hydrogen) atoms. The number of rotatable bonds is 1. The van der Waals surface area contributed by atoms with E-state index in [1.807, 2.05) is 6.92 Å². The lowest BCUT2D eigenvalue weighted by Crippen LogP contribution is -2.21. The van der Waals surface area contributed by atoms with Gasteiger partial charge in [-0.1, -0.05) is 0 Å². The molecule has 3 nitrogen and oxygen atoms in total. The number of aryl methyl sites for hydroxylation is 1. The largest absolute Gasteiger partial charge is 0.302 e. The summed E-state index contributed by atoms with van der Waals surface area (Å²) in [5.41, 5.74) is 0.612. The molecule has 0 saturated carbocycles. The molecule has 0 aliphatic rings. The minimum Gasteiger partial charge on any atom is -0.302 e. The van der Waals surface area contributed by atoms with Gasteiger partial charge >= 0.3 is 0 Å². The van der Waals surface area contributed by atoms with Crippen molar-refractivity contribution in [2.24, 2.45) is 7.05 Å². The zero-order valence-electron chi connectivity index (χ0n) is 6.48. The van der Waals surface area contributed by atoms with Gasteiger partial charge in [-0.2, -0.15) is 12.6 Å². The van der Waals surface area contributed by atoms with Crippen LogP contribution in [0.25, 0.3) is 0 Å². The Bertz CT molecular complexity index is 306. The predicted molar refractivity (Wildman–Crippen MR) is 46.9 cm³/mol. The van der Waals surface area contributed by atoms with Crippen molar-refractivity contribution in [1.82, 2.24) is 9.55 Å². The van der Waals surface area contributed by atoms with Crippen molar-refractivity contribution in [1.29, 1.82) is 0 Å². The standard InChI is InChI=1S/C7H10N2OS/c1-5(11)6-3-8-4-9(2)7(6)10/h3-5,11H,1-2H3. The van der Waals surface area contributed by atoms with Crippen LogP contribution in [0.4, 0.5) is 0 Å². The van der Waals surface area contributed by atoms with E-state index >= 15 is 0 Å². The molecule has 1 aromatic rings. The highest BCUT2D eigenvalue weighted by atomic mass is 32.1. The highest BCUT2D eigenvalue weighted by Crippen LogP contribution is 2.12. The van der Waals surface area contributed by atoms with Gasteiger partial charge in [0, 0.05) is 24.1 Å². The van der Waals surface area contributed by atoms with Gasteiger partial charge in [-0.3, -0.25) is 4.79 Å². The molecular weight excluding hydrogens is 160 g/mol. The lowest BCUT2D eigenvalue weighted by atomic mass is 10.2. The van der Waals surface area contributed by atoms with Crippen molar-refractivity contribution in [2.45, 2.75) is 12.2 Å². The van der Waals surface area contributed by atoms with Crippen LogP contribution in [0.15, 0.2) is 17.3 Å². The molecule has 0 aliphatic carbocycles. The molecule has 1 unspecified atom stereocenters. The highest BCUT2D eigenvalue weighted by molar-refractivity contribution is 7.80. The Morgan fingerprint density at radius 2 is 2.36 bits per heavy atom. The molecule has 0 aliphatic heterocycles. The molecule has 60 valence electrons. The normalized spacial score (nSPS) is 13.0. The summed E-state index contributed by atoms with van der Waals surface area (Å²) < 4.78 is 1.45. The number of nitrogens with zero attached hydrogens (tertiary/aromatic N) is 2. The lowest BCUT2D eigenvalue weighted by Gasteiger charge is -2.03. The molecule has 1 heterocycles. The average molecular weight is 170 g/mol. The molecule has 1 aromatic heterocycles. The summed E-state index contributed by atoms with van der Waals surface area (Å²) >= 11 is 4.15. The molecule has 1 rings (SSSR count). The van der Waals surface area contributed by atoms with Crippen LogP contribution in [0.5, 0.6) is 0 Å². The highest BCUT2D eigenvalue weighted by Gasteiger charge is 2.05. The molecule has 0 saturated heterocycles. The summed E-state index contributed by atoms with van der Waals surface area (Å²) in [5.74, 6) is 0. The van der Waals surface area contributed by atoms with E-state index in [2.05, 4.69) is 17.6 Å². The van der Waals surface area contributed by atoms with Crippen LogP contribution in [-0.2, 0) is 7.05 Å². The Kier molecular flexibility index (Phi) is 2.34. The Labute approximate surface area is 70.5 Å². The van der Waals surface area contributed by atoms with Gasteiger partial charge in [-0.25, -0.2) is 4.98 Å². The van der Waals surface area contributed by atoms with Gasteiger partial charge < -0.3 is 4.57 Å². The fourth-order valence-corrected chi connectivity index (χ4v) is 0.989. The summed E-state index contributed by atoms with van der Waals surface area (Å²) in [6.45, 7) is 1.85. The van der Waals surface area contributed by atoms with E-state index in [9.17, 15) is 4.79 Å². The van der Waals surface area contributed by atoms with Crippen LogP contribution in [0.1, 0.15) is 17.7 Å². The van der Waals surface area contributed by atoms with E-state index in [-0.39, 0.29) is 10.8 Å². The second-order valence-corrected chi connectivity index (χ2v) is 3.22. The fourth-order valence-electron chi connectivity index (χ4n) is 0.811. The SMILES string of the molecule is CC(S)c1cncn(C)c1=O. The van der Waals surface area contributed by atoms with Crippen LogP contribution in [0.3, 0.4) is 0 Å². The van der Waals surface area contributed by atoms with Gasteiger partial charge in [-0.15, -0.1) is 0 Å². The van der Waals surface area contributed by atoms with Gasteiger partial charge in [-0.05, 0) is 6.92 Å². The van der Waals surface area contributed by atoms with Crippen molar-refractivity contribution in [3.05, 3.63) is 28.4 Å². The second kappa shape index (κ2) is 3.09. The van der Waals surface area contributed by atoms with Crippen LogP contribution in [0, 0.1) is 0 Å². The van der Waals surface area contributed by atoms with Crippen LogP contribution in [-0.4, -0.2) is 9.55 Å². The zero-order chi connectivity index (χ0) is 8.43. The van der Waals surface area contributed by atoms with Crippen LogP contribution >= 0.6 is 12.6 Å². The summed E-state index contributed by atoms with van der Waals surface area (Å²) in [4.78, 5) is 15.2. The van der Waals surface area contributed by atoms with Crippen molar-refractivity contribution >= 4 is 12.6 Å². The third-order valence-electron chi connectivity index (χ3n) is 1.47. The summed E-state index contributed by atoms with van der Waals surface area (Å²) in [5, 5.41) is -0.0533. The molecule has 0 bridgehead atoms. The third-order valence-corrected chi connectivity index (χ3v) is 1.75. The van der Waals surface area contributed by atoms with E-state index in [0.717, 1.165) is 0 Å². The Hall–Kier alpha value is -0.770. The van der Waals surface area contributed by atoms with Crippen LogP contribution < -0.4 is 5.56 Å². The smallest absolute Gasteiger partial charge is 0.257 e. The lowest BCUT2D eigenvalue weighted by molar-refractivity contribution is 0.796. The Morgan fingerprint density at radius 1 is 1.73 bits per heavy atom. The second-order valence-electron chi connectivity index (χ2n) is 2.44. The number of thiol groups is 1. The van der Waals surface area contributed by atoms with E-state index in [1.54, 1.807) is 13.2 Å². The predicted octanol–water partition coefficient (Wildman–Crippen LogP) is 0.771. The van der Waals surface area contributed by atoms with E-state index in [4.69, 9.17) is 0 Å². The van der Waals surface area contributed by atoms with Gasteiger partial charge in [0.05, 0.1) is 6.33 Å². The molecule has 4 heteroatoms. The molecule has 0 radical (unpaired) electrons. The first kappa shape index (κ1) is 8.33. The first-order chi connectivity index (χ1) is 5.13. The van der Waals surface area contributed by atoms with E-state index in [0.29, 0.717) is 5.56 Å². The molecule has 0 aromatic carbocycles. The first-order valence-electron chi connectivity index (χ1n) is 3.31. The van der Waals surface area contributed by atoms with E-state index < -0.39 is 0 Å². The molecule has 0 spiro atoms. The van der Waals surface area contributed by atoms with Gasteiger partial charge in [0.15, 0.2) is 0 Å². The minimum atomic E-state index is -0.0533. The maximum absolute atomic E-state index is 11.3. The molecule has 0 amide bonds. The maximum atomic E-state index is 11.3. The quantitative estimate of drug-likeness (QED) is 0.632. The summed E-state index contributed by atoms with van der Waals surface area (Å²) in [6, 6.07) is 0. The van der Waals surface area contributed by atoms with Crippen molar-refractivity contribution in [2.75, 3.05) is 0 Å². The van der Waals surface area contributed by atoms with Gasteiger partial charge in [0.2, 0.25) is 0 Å². The number of aromatic nitrogens is 2. The maximum Gasteiger partial charge on any atom is 0.257 e. The number of hydrogen-bond donors (Lipinski definition) is 1. The van der Waals surface area contributed by atoms with Crippen molar-refractivity contribution in [3.8, 4) is 0 Å². The van der Waals surface area contributed by atoms with Gasteiger partial charge in [0.1, 0.15) is 0 Å². The molecule has 1 atom stereocenters. The number of hydrogen-bond acceptors (Lipinski definition) is 3. The minimum absolute atomic E-state index is 0.0255. The third kappa shape index (κ3) is 1.63. The van der Waals surface area contributed by atoms with Crippen molar-refractivity contribution in [3.63, 3.8) is 0 Å². The van der Waals surface area contributed by atoms with Crippen molar-refractivity contribution < 1.29 is 0 Å². The van der Waals surface area contributed by atoms with Gasteiger partial charge in [0.25, 0.3) is 5.56 Å². The average Bonchev–Trinajstić information content (AvgIpc) is 1.94. The van der Waals surface area contributed by atoms with E-state index in [1.165, 1.54) is 10.9 Å². The first-order valence-corrected chi connectivity index (χ1v) is 3.83. The topological polar surface area (TPSA) is 34.9 Å². The van der Waals surface area contributed by atoms with Crippen LogP contribution in [0.2, 0.25) is 0 Å². The Morgan fingerprint density at radius 3 is 2.82 bits per heavy atom. The monoisotopic (exact) mass is 170 g/mol. The molecule has 0 fully saturated rings. The fraction of sp³-hybridized carbons (Fsp3) is 0.429. The Balaban J connectivity index is 3.28. The molecule has 0 N–H and O–H groups in total. The summed E-state index contributed by atoms with van der Waals surface area (Å²) in [6.07, 6.45) is 3.04. The summed E-state index contributed by atoms with van der Waals surface area (Å²) in [7, 11) is 1.68. The molecular formula is C7H10N2OS. The zero-order valence-corrected chi connectivity index (χ0v) is 7.38.